The molecule has 0 aromatic carbocycles. The maximum absolute atomic E-state index is 12.0. The van der Waals surface area contributed by atoms with Gasteiger partial charge in [0.2, 0.25) is 5.91 Å². The Labute approximate surface area is 133 Å². The summed E-state index contributed by atoms with van der Waals surface area (Å²) in [6.45, 7) is 4.40. The number of carbonyl (C=O) groups is 1. The number of hydrogen-bond acceptors (Lipinski definition) is 5. The molecule has 118 valence electrons. The first-order valence-corrected chi connectivity index (χ1v) is 7.46. The van der Waals surface area contributed by atoms with Crippen molar-refractivity contribution in [3.05, 3.63) is 53.4 Å². The van der Waals surface area contributed by atoms with Crippen molar-refractivity contribution in [2.45, 2.75) is 33.2 Å². The number of hydrogen-bond donors (Lipinski definition) is 1. The highest BCUT2D eigenvalue weighted by atomic mass is 16.1. The van der Waals surface area contributed by atoms with E-state index in [9.17, 15) is 4.79 Å². The molecule has 3 aromatic rings. The normalized spacial score (nSPS) is 10.9. The van der Waals surface area contributed by atoms with Crippen LogP contribution in [0.3, 0.4) is 0 Å². The number of aromatic nitrogens is 5. The zero-order valence-corrected chi connectivity index (χ0v) is 13.2. The van der Waals surface area contributed by atoms with Crippen LogP contribution in [0, 0.1) is 13.8 Å². The van der Waals surface area contributed by atoms with Gasteiger partial charge in [0.15, 0.2) is 0 Å². The SMILES string of the molecule is Cc1nc2ncnn2c(C)c1CCC(=O)NCc1cccnc1. The molecule has 0 atom stereocenters. The average Bonchev–Trinajstić information content (AvgIpc) is 3.02. The molecule has 0 saturated carbocycles. The van der Waals surface area contributed by atoms with E-state index < -0.39 is 0 Å². The number of aryl methyl sites for hydroxylation is 2. The van der Waals surface area contributed by atoms with Gasteiger partial charge < -0.3 is 5.32 Å². The highest BCUT2D eigenvalue weighted by Gasteiger charge is 2.12. The molecule has 3 aromatic heterocycles. The van der Waals surface area contributed by atoms with Gasteiger partial charge >= 0.3 is 0 Å². The van der Waals surface area contributed by atoms with Crippen LogP contribution in [0.5, 0.6) is 0 Å². The Bertz CT molecular complexity index is 827. The quantitative estimate of drug-likeness (QED) is 0.769. The van der Waals surface area contributed by atoms with Gasteiger partial charge in [-0.25, -0.2) is 9.50 Å². The van der Waals surface area contributed by atoms with Crippen LogP contribution in [0.4, 0.5) is 0 Å². The summed E-state index contributed by atoms with van der Waals surface area (Å²) in [5.41, 5.74) is 3.89. The maximum atomic E-state index is 12.0. The maximum Gasteiger partial charge on any atom is 0.252 e. The van der Waals surface area contributed by atoms with Crippen LogP contribution in [-0.4, -0.2) is 30.5 Å². The van der Waals surface area contributed by atoms with Crippen molar-refractivity contribution in [3.63, 3.8) is 0 Å². The van der Waals surface area contributed by atoms with Crippen LogP contribution in [0.2, 0.25) is 0 Å². The molecule has 1 amide bonds. The standard InChI is InChI=1S/C16H18N6O/c1-11-14(12(2)22-16(21-11)19-10-20-22)5-6-15(23)18-9-13-4-3-7-17-8-13/h3-4,7-8,10H,5-6,9H2,1-2H3,(H,18,23). The summed E-state index contributed by atoms with van der Waals surface area (Å²) in [4.78, 5) is 24.6. The second kappa shape index (κ2) is 6.51. The summed E-state index contributed by atoms with van der Waals surface area (Å²) < 4.78 is 1.70. The van der Waals surface area contributed by atoms with E-state index in [0.717, 1.165) is 22.5 Å². The Kier molecular flexibility index (Phi) is 4.27. The van der Waals surface area contributed by atoms with E-state index in [-0.39, 0.29) is 5.91 Å². The van der Waals surface area contributed by atoms with E-state index >= 15 is 0 Å². The molecule has 0 unspecified atom stereocenters. The van der Waals surface area contributed by atoms with Crippen molar-refractivity contribution in [1.82, 2.24) is 29.9 Å². The van der Waals surface area contributed by atoms with Gasteiger partial charge in [-0.1, -0.05) is 6.07 Å². The van der Waals surface area contributed by atoms with Crippen molar-refractivity contribution >= 4 is 11.7 Å². The van der Waals surface area contributed by atoms with Crippen LogP contribution in [0.25, 0.3) is 5.78 Å². The van der Waals surface area contributed by atoms with E-state index in [4.69, 9.17) is 0 Å². The van der Waals surface area contributed by atoms with E-state index in [2.05, 4.69) is 25.4 Å². The third kappa shape index (κ3) is 3.33. The van der Waals surface area contributed by atoms with Gasteiger partial charge in [-0.2, -0.15) is 10.1 Å². The fraction of sp³-hybridized carbons (Fsp3) is 0.312. The van der Waals surface area contributed by atoms with Gasteiger partial charge in [0.05, 0.1) is 0 Å². The lowest BCUT2D eigenvalue weighted by molar-refractivity contribution is -0.121. The molecule has 0 saturated heterocycles. The summed E-state index contributed by atoms with van der Waals surface area (Å²) in [7, 11) is 0. The molecule has 0 aliphatic heterocycles. The van der Waals surface area contributed by atoms with Crippen LogP contribution in [0.15, 0.2) is 30.9 Å². The molecule has 0 aliphatic carbocycles. The molecule has 7 heteroatoms. The predicted molar refractivity (Wildman–Crippen MR) is 84.7 cm³/mol. The third-order valence-corrected chi connectivity index (χ3v) is 3.80. The molecular formula is C16H18N6O. The first-order valence-electron chi connectivity index (χ1n) is 7.46. The van der Waals surface area contributed by atoms with Crippen LogP contribution >= 0.6 is 0 Å². The van der Waals surface area contributed by atoms with Gasteiger partial charge in [-0.3, -0.25) is 9.78 Å². The molecule has 0 aliphatic rings. The largest absolute Gasteiger partial charge is 0.352 e. The van der Waals surface area contributed by atoms with Crippen LogP contribution in [0.1, 0.15) is 28.9 Å². The molecule has 0 spiro atoms. The summed E-state index contributed by atoms with van der Waals surface area (Å²) in [6.07, 6.45) is 5.98. The second-order valence-corrected chi connectivity index (χ2v) is 5.37. The number of carbonyl (C=O) groups excluding carboxylic acids is 1. The second-order valence-electron chi connectivity index (χ2n) is 5.37. The Balaban J connectivity index is 1.63. The minimum Gasteiger partial charge on any atom is -0.352 e. The fourth-order valence-corrected chi connectivity index (χ4v) is 2.55. The number of nitrogens with zero attached hydrogens (tertiary/aromatic N) is 5. The zero-order valence-electron chi connectivity index (χ0n) is 13.2. The average molecular weight is 310 g/mol. The van der Waals surface area contributed by atoms with Crippen LogP contribution < -0.4 is 5.32 Å². The third-order valence-electron chi connectivity index (χ3n) is 3.80. The van der Waals surface area contributed by atoms with Crippen molar-refractivity contribution in [2.75, 3.05) is 0 Å². The summed E-state index contributed by atoms with van der Waals surface area (Å²) in [5, 5.41) is 7.06. The number of rotatable bonds is 5. The molecule has 3 rings (SSSR count). The van der Waals surface area contributed by atoms with Crippen molar-refractivity contribution in [1.29, 1.82) is 0 Å². The lowest BCUT2D eigenvalue weighted by atomic mass is 10.1. The number of pyridine rings is 1. The molecule has 0 bridgehead atoms. The van der Waals surface area contributed by atoms with Crippen molar-refractivity contribution in [3.8, 4) is 0 Å². The van der Waals surface area contributed by atoms with Gasteiger partial charge in [0.25, 0.3) is 5.78 Å². The molecule has 3 heterocycles. The summed E-state index contributed by atoms with van der Waals surface area (Å²) >= 11 is 0. The highest BCUT2D eigenvalue weighted by molar-refractivity contribution is 5.76. The fourth-order valence-electron chi connectivity index (χ4n) is 2.55. The minimum absolute atomic E-state index is 0.00587. The van der Waals surface area contributed by atoms with Gasteiger partial charge in [-0.15, -0.1) is 0 Å². The minimum atomic E-state index is 0.00587. The highest BCUT2D eigenvalue weighted by Crippen LogP contribution is 2.14. The monoisotopic (exact) mass is 310 g/mol. The summed E-state index contributed by atoms with van der Waals surface area (Å²) in [5.74, 6) is 0.594. The lowest BCUT2D eigenvalue weighted by Crippen LogP contribution is -2.23. The van der Waals surface area contributed by atoms with E-state index in [1.54, 1.807) is 16.9 Å². The molecule has 0 fully saturated rings. The Morgan fingerprint density at radius 1 is 1.35 bits per heavy atom. The van der Waals surface area contributed by atoms with E-state index in [1.165, 1.54) is 6.33 Å². The molecule has 0 radical (unpaired) electrons. The molecule has 7 nitrogen and oxygen atoms in total. The van der Waals surface area contributed by atoms with Gasteiger partial charge in [0.1, 0.15) is 6.33 Å². The first-order chi connectivity index (χ1) is 11.1. The Morgan fingerprint density at radius 2 is 2.22 bits per heavy atom. The van der Waals surface area contributed by atoms with Crippen molar-refractivity contribution < 1.29 is 4.79 Å². The Hall–Kier alpha value is -2.83. The Morgan fingerprint density at radius 3 is 3.00 bits per heavy atom. The van der Waals surface area contributed by atoms with E-state index in [1.807, 2.05) is 26.0 Å². The smallest absolute Gasteiger partial charge is 0.252 e. The number of fused-ring (bicyclic) bond motifs is 1. The topological polar surface area (TPSA) is 85.1 Å². The summed E-state index contributed by atoms with van der Waals surface area (Å²) in [6, 6.07) is 3.79. The van der Waals surface area contributed by atoms with E-state index in [0.29, 0.717) is 25.2 Å². The number of nitrogens with one attached hydrogen (secondary N) is 1. The predicted octanol–water partition coefficient (Wildman–Crippen LogP) is 1.39. The van der Waals surface area contributed by atoms with Gasteiger partial charge in [0, 0.05) is 36.7 Å². The van der Waals surface area contributed by atoms with Crippen molar-refractivity contribution in [2.24, 2.45) is 0 Å². The molecule has 1 N–H and O–H groups in total. The molecular weight excluding hydrogens is 292 g/mol. The van der Waals surface area contributed by atoms with Crippen LogP contribution in [-0.2, 0) is 17.8 Å². The molecule has 23 heavy (non-hydrogen) atoms. The lowest BCUT2D eigenvalue weighted by Gasteiger charge is -2.10. The van der Waals surface area contributed by atoms with Gasteiger partial charge in [-0.05, 0) is 37.5 Å². The number of amides is 1. The first kappa shape index (κ1) is 15.1. The zero-order chi connectivity index (χ0) is 16.2.